The minimum atomic E-state index is -0.533. The third-order valence-electron chi connectivity index (χ3n) is 3.68. The number of nitrogens with one attached hydrogen (secondary N) is 4. The van der Waals surface area contributed by atoms with Gasteiger partial charge in [0, 0.05) is 23.4 Å². The van der Waals surface area contributed by atoms with E-state index in [4.69, 9.17) is 8.94 Å². The number of anilines is 2. The quantitative estimate of drug-likeness (QED) is 0.463. The normalized spacial score (nSPS) is 10.3. The number of aromatic amines is 2. The van der Waals surface area contributed by atoms with Gasteiger partial charge in [-0.1, -0.05) is 23.1 Å². The molecule has 0 saturated heterocycles. The molecular formula is C19H14N5O4+. The number of nitrogens with zero attached hydrogens (tertiary/aromatic N) is 1. The lowest BCUT2D eigenvalue weighted by Crippen LogP contribution is -2.19. The summed E-state index contributed by atoms with van der Waals surface area (Å²) in [5, 5.41) is 8.98. The number of pyridine rings is 1. The molecule has 0 atom stereocenters. The lowest BCUT2D eigenvalue weighted by Gasteiger charge is -2.05. The van der Waals surface area contributed by atoms with Crippen LogP contribution in [0.15, 0.2) is 56.3 Å². The van der Waals surface area contributed by atoms with E-state index in [0.717, 1.165) is 0 Å². The number of carbonyl (C=O) groups excluding carboxylic acids is 1. The molecule has 0 aliphatic rings. The zero-order valence-corrected chi connectivity index (χ0v) is 14.6. The number of benzene rings is 1. The van der Waals surface area contributed by atoms with E-state index in [2.05, 4.69) is 37.6 Å². The highest BCUT2D eigenvalue weighted by atomic mass is 16.5. The van der Waals surface area contributed by atoms with Crippen LogP contribution < -0.4 is 21.4 Å². The minimum absolute atomic E-state index is 0.328. The average molecular weight is 376 g/mol. The molecule has 4 aromatic rings. The van der Waals surface area contributed by atoms with Gasteiger partial charge in [-0.2, -0.15) is 9.78 Å². The molecule has 28 heavy (non-hydrogen) atoms. The molecule has 4 N–H and O–H groups in total. The van der Waals surface area contributed by atoms with Crippen LogP contribution >= 0.6 is 0 Å². The Morgan fingerprint density at radius 2 is 2.04 bits per heavy atom. The molecule has 0 radical (unpaired) electrons. The second-order valence-corrected chi connectivity index (χ2v) is 5.87. The fraction of sp³-hybridized carbons (Fsp3) is 0.0526. The van der Waals surface area contributed by atoms with Gasteiger partial charge in [-0.15, -0.1) is 0 Å². The largest absolute Gasteiger partial charge is 0.510 e. The van der Waals surface area contributed by atoms with Gasteiger partial charge in [0.25, 0.3) is 0 Å². The Bertz CT molecular complexity index is 1290. The van der Waals surface area contributed by atoms with Gasteiger partial charge in [-0.3, -0.25) is 5.32 Å². The van der Waals surface area contributed by atoms with Gasteiger partial charge in [-0.25, -0.2) is 9.78 Å². The number of rotatable bonds is 2. The second kappa shape index (κ2) is 7.13. The molecule has 3 heterocycles. The van der Waals surface area contributed by atoms with Gasteiger partial charge in [0.05, 0.1) is 5.56 Å². The van der Waals surface area contributed by atoms with Crippen LogP contribution in [0.4, 0.5) is 16.3 Å². The van der Waals surface area contributed by atoms with Crippen molar-refractivity contribution in [2.75, 3.05) is 10.6 Å². The van der Waals surface area contributed by atoms with E-state index in [-0.39, 0.29) is 0 Å². The van der Waals surface area contributed by atoms with E-state index in [9.17, 15) is 9.59 Å². The first-order valence-electron chi connectivity index (χ1n) is 8.23. The van der Waals surface area contributed by atoms with E-state index >= 15 is 0 Å². The molecule has 138 valence electrons. The number of urea groups is 1. The molecule has 1 aromatic carbocycles. The van der Waals surface area contributed by atoms with E-state index in [1.54, 1.807) is 43.5 Å². The van der Waals surface area contributed by atoms with Crippen LogP contribution in [-0.4, -0.2) is 16.2 Å². The highest BCUT2D eigenvalue weighted by molar-refractivity contribution is 5.99. The predicted octanol–water partition coefficient (Wildman–Crippen LogP) is 2.28. The van der Waals surface area contributed by atoms with Crippen LogP contribution in [0.3, 0.4) is 0 Å². The van der Waals surface area contributed by atoms with Crippen LogP contribution in [0.25, 0.3) is 11.2 Å². The Kier molecular flexibility index (Phi) is 4.35. The molecule has 9 nitrogen and oxygen atoms in total. The lowest BCUT2D eigenvalue weighted by atomic mass is 10.2. The second-order valence-electron chi connectivity index (χ2n) is 5.87. The summed E-state index contributed by atoms with van der Waals surface area (Å²) in [6.07, 6.45) is 1.66. The van der Waals surface area contributed by atoms with E-state index < -0.39 is 11.8 Å². The Morgan fingerprint density at radius 3 is 2.86 bits per heavy atom. The molecular weight excluding hydrogens is 362 g/mol. The number of oxazole rings is 1. The summed E-state index contributed by atoms with van der Waals surface area (Å²) in [7, 11) is 0. The summed E-state index contributed by atoms with van der Waals surface area (Å²) in [5.74, 6) is 6.37. The Labute approximate surface area is 157 Å². The van der Waals surface area contributed by atoms with Crippen molar-refractivity contribution in [3.63, 3.8) is 0 Å². The van der Waals surface area contributed by atoms with Crippen molar-refractivity contribution in [2.45, 2.75) is 6.92 Å². The monoisotopic (exact) mass is 376 g/mol. The summed E-state index contributed by atoms with van der Waals surface area (Å²) in [4.78, 5) is 28.6. The SMILES string of the molecule is Cc1cc(NC(=O)Nc2cccc(C#Cc3c[nH+]c4[nH]c(=O)oc4c3)c2)no1. The molecule has 0 unspecified atom stereocenters. The Morgan fingerprint density at radius 1 is 1.18 bits per heavy atom. The first-order chi connectivity index (χ1) is 13.5. The number of fused-ring (bicyclic) bond motifs is 1. The van der Waals surface area contributed by atoms with Crippen molar-refractivity contribution >= 4 is 28.8 Å². The standard InChI is InChI=1S/C19H13N5O4/c1-11-7-16(24-28-11)22-18(25)21-14-4-2-3-12(8-14)5-6-13-9-15-17(20-10-13)23-19(26)27-15/h2-4,7-10H,1H3,(H,20,23,26)(H2,21,22,24,25)/p+1. The number of amides is 2. The Hall–Kier alpha value is -4.32. The zero-order valence-electron chi connectivity index (χ0n) is 14.6. The van der Waals surface area contributed by atoms with Gasteiger partial charge < -0.3 is 14.3 Å². The van der Waals surface area contributed by atoms with Crippen molar-refractivity contribution in [2.24, 2.45) is 0 Å². The topological polar surface area (TPSA) is 127 Å². The third kappa shape index (κ3) is 3.91. The molecule has 0 saturated carbocycles. The summed E-state index contributed by atoms with van der Waals surface area (Å²) >= 11 is 0. The molecule has 0 aliphatic carbocycles. The van der Waals surface area contributed by atoms with Crippen LogP contribution in [0.5, 0.6) is 0 Å². The van der Waals surface area contributed by atoms with Gasteiger partial charge in [0.1, 0.15) is 12.0 Å². The molecule has 4 rings (SSSR count). The minimum Gasteiger partial charge on any atom is -0.383 e. The fourth-order valence-electron chi connectivity index (χ4n) is 2.48. The number of hydrogen-bond acceptors (Lipinski definition) is 5. The number of hydrogen-bond donors (Lipinski definition) is 3. The number of carbonyl (C=O) groups is 1. The number of aryl methyl sites for hydroxylation is 1. The maximum atomic E-state index is 12.0. The molecule has 2 amide bonds. The highest BCUT2D eigenvalue weighted by Crippen LogP contribution is 2.12. The van der Waals surface area contributed by atoms with Crippen molar-refractivity contribution in [3.8, 4) is 11.8 Å². The van der Waals surface area contributed by atoms with Crippen LogP contribution in [-0.2, 0) is 0 Å². The zero-order chi connectivity index (χ0) is 19.5. The van der Waals surface area contributed by atoms with E-state index in [1.165, 1.54) is 0 Å². The van der Waals surface area contributed by atoms with E-state index in [0.29, 0.717) is 39.6 Å². The lowest BCUT2D eigenvalue weighted by molar-refractivity contribution is -0.347. The Balaban J connectivity index is 1.48. The van der Waals surface area contributed by atoms with Gasteiger partial charge in [-0.05, 0) is 25.1 Å². The molecule has 9 heteroatoms. The molecule has 0 aliphatic heterocycles. The smallest absolute Gasteiger partial charge is 0.383 e. The third-order valence-corrected chi connectivity index (χ3v) is 3.68. The molecule has 0 bridgehead atoms. The summed E-state index contributed by atoms with van der Waals surface area (Å²) in [5.41, 5.74) is 2.81. The van der Waals surface area contributed by atoms with Gasteiger partial charge >= 0.3 is 17.4 Å². The molecule has 3 aromatic heterocycles. The van der Waals surface area contributed by atoms with Crippen LogP contribution in [0.2, 0.25) is 0 Å². The van der Waals surface area contributed by atoms with Crippen LogP contribution in [0, 0.1) is 18.8 Å². The van der Waals surface area contributed by atoms with E-state index in [1.807, 2.05) is 6.07 Å². The highest BCUT2D eigenvalue weighted by Gasteiger charge is 2.08. The predicted molar refractivity (Wildman–Crippen MR) is 99.7 cm³/mol. The van der Waals surface area contributed by atoms with Gasteiger partial charge in [0.2, 0.25) is 5.58 Å². The fourth-order valence-corrected chi connectivity index (χ4v) is 2.48. The van der Waals surface area contributed by atoms with Crippen molar-refractivity contribution in [3.05, 3.63) is 70.0 Å². The summed E-state index contributed by atoms with van der Waals surface area (Å²) in [6.45, 7) is 1.73. The first kappa shape index (κ1) is 17.1. The first-order valence-corrected chi connectivity index (χ1v) is 8.23. The van der Waals surface area contributed by atoms with Gasteiger partial charge in [0.15, 0.2) is 5.82 Å². The number of aromatic nitrogens is 3. The average Bonchev–Trinajstić information content (AvgIpc) is 3.23. The van der Waals surface area contributed by atoms with Crippen LogP contribution in [0.1, 0.15) is 16.9 Å². The number of H-pyrrole nitrogens is 2. The van der Waals surface area contributed by atoms with Crippen molar-refractivity contribution < 1.29 is 18.7 Å². The molecule has 0 fully saturated rings. The maximum absolute atomic E-state index is 12.0. The molecule has 0 spiro atoms. The van der Waals surface area contributed by atoms with Crippen molar-refractivity contribution in [1.29, 1.82) is 0 Å². The summed E-state index contributed by atoms with van der Waals surface area (Å²) in [6, 6.07) is 9.90. The maximum Gasteiger partial charge on any atom is 0.510 e. The van der Waals surface area contributed by atoms with Crippen molar-refractivity contribution in [1.82, 2.24) is 10.1 Å². The summed E-state index contributed by atoms with van der Waals surface area (Å²) < 4.78 is 9.89.